The Morgan fingerprint density at radius 3 is 2.52 bits per heavy atom. The van der Waals surface area contributed by atoms with Crippen molar-refractivity contribution in [2.45, 2.75) is 18.9 Å². The van der Waals surface area contributed by atoms with Crippen LogP contribution in [-0.2, 0) is 0 Å². The van der Waals surface area contributed by atoms with E-state index in [0.717, 1.165) is 24.0 Å². The molecule has 168 valence electrons. The molecule has 1 saturated heterocycles. The molecule has 3 N–H and O–H groups in total. The first-order valence-electron chi connectivity index (χ1n) is 10.7. The van der Waals surface area contributed by atoms with E-state index in [1.54, 1.807) is 12.3 Å². The summed E-state index contributed by atoms with van der Waals surface area (Å²) in [5.74, 6) is 3.30. The summed E-state index contributed by atoms with van der Waals surface area (Å²) in [6.07, 6.45) is 2.40. The summed E-state index contributed by atoms with van der Waals surface area (Å²) in [5.41, 5.74) is 0.588. The number of piperidine rings is 1. The summed E-state index contributed by atoms with van der Waals surface area (Å²) in [4.78, 5) is 17.1. The highest BCUT2D eigenvalue weighted by Crippen LogP contribution is 2.34. The minimum absolute atomic E-state index is 0.0381. The highest BCUT2D eigenvalue weighted by molar-refractivity contribution is 5.93. The monoisotopic (exact) mass is 445 g/mol. The van der Waals surface area contributed by atoms with Gasteiger partial charge in [-0.1, -0.05) is 18.2 Å². The molecule has 0 bridgehead atoms. The molecule has 9 heteroatoms. The van der Waals surface area contributed by atoms with Crippen molar-refractivity contribution < 1.29 is 19.4 Å². The van der Waals surface area contributed by atoms with Crippen molar-refractivity contribution in [3.63, 3.8) is 0 Å². The fourth-order valence-corrected chi connectivity index (χ4v) is 3.90. The number of aromatic nitrogens is 3. The van der Waals surface area contributed by atoms with Crippen LogP contribution in [0.5, 0.6) is 23.0 Å². The molecule has 1 aliphatic rings. The van der Waals surface area contributed by atoms with Gasteiger partial charge in [-0.3, -0.25) is 5.10 Å². The van der Waals surface area contributed by atoms with Gasteiger partial charge in [0.25, 0.3) is 0 Å². The lowest BCUT2D eigenvalue weighted by atomic mass is 10.1. The van der Waals surface area contributed by atoms with Gasteiger partial charge in [0.15, 0.2) is 11.5 Å². The number of hydrogen-bond donors (Lipinski definition) is 3. The topological polar surface area (TPSA) is 113 Å². The minimum atomic E-state index is -0.904. The molecule has 1 amide bonds. The highest BCUT2D eigenvalue weighted by Gasteiger charge is 2.25. The van der Waals surface area contributed by atoms with E-state index in [-0.39, 0.29) is 6.04 Å². The molecule has 1 unspecified atom stereocenters. The number of aromatic amines is 1. The smallest absolute Gasteiger partial charge is 0.407 e. The molecule has 0 spiro atoms. The maximum Gasteiger partial charge on any atom is 0.407 e. The van der Waals surface area contributed by atoms with Gasteiger partial charge >= 0.3 is 6.09 Å². The first-order valence-corrected chi connectivity index (χ1v) is 10.7. The number of hydrogen-bond acceptors (Lipinski definition) is 6. The number of carbonyl (C=O) groups is 1. The zero-order chi connectivity index (χ0) is 22.6. The Labute approximate surface area is 190 Å². The summed E-state index contributed by atoms with van der Waals surface area (Å²) >= 11 is 0. The molecule has 0 radical (unpaired) electrons. The van der Waals surface area contributed by atoms with Crippen LogP contribution in [0.3, 0.4) is 0 Å². The van der Waals surface area contributed by atoms with E-state index in [0.29, 0.717) is 41.8 Å². The van der Waals surface area contributed by atoms with Crippen molar-refractivity contribution in [1.82, 2.24) is 20.1 Å². The number of pyridine rings is 1. The Kier molecular flexibility index (Phi) is 5.67. The standard InChI is InChI=1S/C24H23N5O4/c30-24(31)29-14-4-5-16(15-29)26-23-21-20(12-13-25-22(21)27-28-23)33-19-10-8-18(9-11-19)32-17-6-2-1-3-7-17/h1-3,6-13,16H,4-5,14-15H2,(H,30,31)(H2,25,26,27,28). The van der Waals surface area contributed by atoms with Crippen LogP contribution < -0.4 is 14.8 Å². The van der Waals surface area contributed by atoms with Crippen molar-refractivity contribution in [2.24, 2.45) is 0 Å². The number of anilines is 1. The zero-order valence-electron chi connectivity index (χ0n) is 17.8. The van der Waals surface area contributed by atoms with Crippen molar-refractivity contribution in [3.8, 4) is 23.0 Å². The molecule has 3 heterocycles. The summed E-state index contributed by atoms with van der Waals surface area (Å²) in [5, 5.41) is 20.7. The number of likely N-dealkylation sites (tertiary alicyclic amines) is 1. The lowest BCUT2D eigenvalue weighted by molar-refractivity contribution is 0.133. The number of rotatable bonds is 6. The number of benzene rings is 2. The Bertz CT molecular complexity index is 1240. The van der Waals surface area contributed by atoms with E-state index in [1.807, 2.05) is 54.6 Å². The molecule has 2 aromatic heterocycles. The molecule has 0 saturated carbocycles. The van der Waals surface area contributed by atoms with Crippen LogP contribution in [0, 0.1) is 0 Å². The number of ether oxygens (including phenoxy) is 2. The summed E-state index contributed by atoms with van der Waals surface area (Å²) < 4.78 is 12.0. The van der Waals surface area contributed by atoms with Gasteiger partial charge in [0, 0.05) is 31.4 Å². The molecule has 2 aromatic carbocycles. The summed E-state index contributed by atoms with van der Waals surface area (Å²) in [7, 11) is 0. The molecule has 5 rings (SSSR count). The maximum absolute atomic E-state index is 11.3. The predicted octanol–water partition coefficient (Wildman–Crippen LogP) is 5.10. The third-order valence-electron chi connectivity index (χ3n) is 5.49. The normalized spacial score (nSPS) is 15.9. The molecule has 0 aliphatic carbocycles. The van der Waals surface area contributed by atoms with Crippen LogP contribution in [-0.4, -0.2) is 50.4 Å². The lowest BCUT2D eigenvalue weighted by Crippen LogP contribution is -2.44. The van der Waals surface area contributed by atoms with Gasteiger partial charge in [0.05, 0.1) is 0 Å². The van der Waals surface area contributed by atoms with Crippen LogP contribution in [0.2, 0.25) is 0 Å². The van der Waals surface area contributed by atoms with Crippen LogP contribution in [0.1, 0.15) is 12.8 Å². The van der Waals surface area contributed by atoms with E-state index in [1.165, 1.54) is 4.90 Å². The Hall–Kier alpha value is -4.27. The SMILES string of the molecule is O=C(O)N1CCCC(Nc2n[nH]c3nccc(Oc4ccc(Oc5ccccc5)cc4)c23)C1. The van der Waals surface area contributed by atoms with E-state index < -0.39 is 6.09 Å². The van der Waals surface area contributed by atoms with Gasteiger partial charge in [-0.05, 0) is 49.2 Å². The highest BCUT2D eigenvalue weighted by atomic mass is 16.5. The molecular formula is C24H23N5O4. The van der Waals surface area contributed by atoms with Gasteiger partial charge in [-0.25, -0.2) is 9.78 Å². The number of nitrogens with zero attached hydrogens (tertiary/aromatic N) is 3. The second-order valence-electron chi connectivity index (χ2n) is 7.81. The summed E-state index contributed by atoms with van der Waals surface area (Å²) in [6, 6.07) is 18.7. The molecule has 1 aliphatic heterocycles. The van der Waals surface area contributed by atoms with E-state index >= 15 is 0 Å². The van der Waals surface area contributed by atoms with Crippen molar-refractivity contribution in [3.05, 3.63) is 66.9 Å². The Morgan fingerprint density at radius 1 is 1.03 bits per heavy atom. The quantitative estimate of drug-likeness (QED) is 0.379. The average Bonchev–Trinajstić information content (AvgIpc) is 3.25. The average molecular weight is 445 g/mol. The number of carboxylic acid groups (broad SMARTS) is 1. The van der Waals surface area contributed by atoms with Gasteiger partial charge in [-0.2, -0.15) is 5.10 Å². The van der Waals surface area contributed by atoms with Crippen molar-refractivity contribution in [1.29, 1.82) is 0 Å². The third-order valence-corrected chi connectivity index (χ3v) is 5.49. The van der Waals surface area contributed by atoms with E-state index in [2.05, 4.69) is 20.5 Å². The number of H-pyrrole nitrogens is 1. The van der Waals surface area contributed by atoms with Crippen LogP contribution >= 0.6 is 0 Å². The Balaban J connectivity index is 1.33. The molecule has 1 atom stereocenters. The first kappa shape index (κ1) is 20.6. The summed E-state index contributed by atoms with van der Waals surface area (Å²) in [6.45, 7) is 0.956. The molecule has 9 nitrogen and oxygen atoms in total. The van der Waals surface area contributed by atoms with Crippen LogP contribution in [0.25, 0.3) is 11.0 Å². The number of nitrogens with one attached hydrogen (secondary N) is 2. The molecule has 4 aromatic rings. The van der Waals surface area contributed by atoms with Gasteiger partial charge in [0.2, 0.25) is 0 Å². The fourth-order valence-electron chi connectivity index (χ4n) is 3.90. The second kappa shape index (κ2) is 9.07. The number of fused-ring (bicyclic) bond motifs is 1. The van der Waals surface area contributed by atoms with Crippen molar-refractivity contribution >= 4 is 22.9 Å². The van der Waals surface area contributed by atoms with Gasteiger partial charge in [-0.15, -0.1) is 0 Å². The Morgan fingerprint density at radius 2 is 1.76 bits per heavy atom. The predicted molar refractivity (Wildman–Crippen MR) is 123 cm³/mol. The third kappa shape index (κ3) is 4.67. The second-order valence-corrected chi connectivity index (χ2v) is 7.81. The largest absolute Gasteiger partial charge is 0.465 e. The number of amides is 1. The maximum atomic E-state index is 11.3. The van der Waals surface area contributed by atoms with Crippen LogP contribution in [0.15, 0.2) is 66.9 Å². The zero-order valence-corrected chi connectivity index (χ0v) is 17.8. The fraction of sp³-hybridized carbons (Fsp3) is 0.208. The first-order chi connectivity index (χ1) is 16.2. The van der Waals surface area contributed by atoms with Gasteiger partial charge in [0.1, 0.15) is 28.4 Å². The van der Waals surface area contributed by atoms with Crippen LogP contribution in [0.4, 0.5) is 10.6 Å². The molecular weight excluding hydrogens is 422 g/mol. The molecule has 33 heavy (non-hydrogen) atoms. The number of para-hydroxylation sites is 1. The lowest BCUT2D eigenvalue weighted by Gasteiger charge is -2.31. The van der Waals surface area contributed by atoms with Gasteiger partial charge < -0.3 is 24.8 Å². The van der Waals surface area contributed by atoms with E-state index in [4.69, 9.17) is 9.47 Å². The van der Waals surface area contributed by atoms with Crippen molar-refractivity contribution in [2.75, 3.05) is 18.4 Å². The molecule has 1 fully saturated rings. The van der Waals surface area contributed by atoms with E-state index in [9.17, 15) is 9.90 Å². The minimum Gasteiger partial charge on any atom is -0.465 e.